The van der Waals surface area contributed by atoms with E-state index in [2.05, 4.69) is 10.3 Å². The third kappa shape index (κ3) is 4.31. The van der Waals surface area contributed by atoms with Crippen LogP contribution in [0.25, 0.3) is 0 Å². The molecule has 1 aliphatic heterocycles. The summed E-state index contributed by atoms with van der Waals surface area (Å²) in [5, 5.41) is 3.28. The van der Waals surface area contributed by atoms with Gasteiger partial charge in [-0.25, -0.2) is 9.37 Å². The van der Waals surface area contributed by atoms with Gasteiger partial charge >= 0.3 is 0 Å². The van der Waals surface area contributed by atoms with Gasteiger partial charge in [-0.15, -0.1) is 0 Å². The molecule has 26 heavy (non-hydrogen) atoms. The predicted octanol–water partition coefficient (Wildman–Crippen LogP) is 4.02. The number of amides is 2. The summed E-state index contributed by atoms with van der Waals surface area (Å²) in [6, 6.07) is 6.91. The molecule has 2 aromatic rings. The van der Waals surface area contributed by atoms with Crippen LogP contribution in [0.3, 0.4) is 0 Å². The number of carbonyl (C=O) groups is 2. The number of benzene rings is 1. The largest absolute Gasteiger partial charge is 0.338 e. The summed E-state index contributed by atoms with van der Waals surface area (Å²) in [6.45, 7) is 0.793. The van der Waals surface area contributed by atoms with Crippen molar-refractivity contribution in [3.63, 3.8) is 0 Å². The van der Waals surface area contributed by atoms with E-state index < -0.39 is 5.82 Å². The third-order valence-electron chi connectivity index (χ3n) is 4.22. The Labute approximate surface area is 160 Å². The average molecular weight is 396 g/mol. The molecule has 1 fully saturated rings. The van der Waals surface area contributed by atoms with Gasteiger partial charge in [-0.1, -0.05) is 23.2 Å². The number of nitrogens with one attached hydrogen (secondary N) is 1. The number of carbonyl (C=O) groups excluding carboxylic acids is 2. The lowest BCUT2D eigenvalue weighted by atomic mass is 9.96. The van der Waals surface area contributed by atoms with E-state index in [9.17, 15) is 14.0 Å². The summed E-state index contributed by atoms with van der Waals surface area (Å²) >= 11 is 11.8. The molecular formula is C18H16Cl2FN3O2. The molecule has 5 nitrogen and oxygen atoms in total. The second-order valence-corrected chi connectivity index (χ2v) is 6.91. The van der Waals surface area contributed by atoms with Gasteiger partial charge < -0.3 is 10.2 Å². The fourth-order valence-corrected chi connectivity index (χ4v) is 3.25. The average Bonchev–Trinajstić information content (AvgIpc) is 2.63. The van der Waals surface area contributed by atoms with Gasteiger partial charge in [-0.3, -0.25) is 9.59 Å². The minimum absolute atomic E-state index is 0.0620. The van der Waals surface area contributed by atoms with E-state index in [1.807, 2.05) is 0 Å². The van der Waals surface area contributed by atoms with Crippen LogP contribution in [0.2, 0.25) is 10.0 Å². The number of rotatable bonds is 3. The first-order valence-electron chi connectivity index (χ1n) is 8.11. The van der Waals surface area contributed by atoms with Gasteiger partial charge in [0.15, 0.2) is 0 Å². The molecule has 0 radical (unpaired) electrons. The molecule has 1 aromatic carbocycles. The Bertz CT molecular complexity index is 830. The van der Waals surface area contributed by atoms with Crippen molar-refractivity contribution in [3.05, 3.63) is 58.0 Å². The summed E-state index contributed by atoms with van der Waals surface area (Å²) in [5.74, 6) is -0.966. The zero-order valence-electron chi connectivity index (χ0n) is 13.7. The van der Waals surface area contributed by atoms with E-state index in [1.54, 1.807) is 17.0 Å². The molecule has 0 saturated carbocycles. The molecule has 1 atom stereocenters. The van der Waals surface area contributed by atoms with E-state index in [0.717, 1.165) is 6.07 Å². The number of nitrogens with zero attached hydrogens (tertiary/aromatic N) is 2. The van der Waals surface area contributed by atoms with Crippen LogP contribution in [0.5, 0.6) is 0 Å². The molecule has 1 aromatic heterocycles. The third-order valence-corrected chi connectivity index (χ3v) is 4.76. The highest BCUT2D eigenvalue weighted by Gasteiger charge is 2.30. The number of hydrogen-bond acceptors (Lipinski definition) is 3. The van der Waals surface area contributed by atoms with E-state index >= 15 is 0 Å². The van der Waals surface area contributed by atoms with Crippen LogP contribution in [0.4, 0.5) is 10.2 Å². The van der Waals surface area contributed by atoms with Crippen LogP contribution in [0.15, 0.2) is 36.5 Å². The number of hydrogen-bond donors (Lipinski definition) is 1. The summed E-state index contributed by atoms with van der Waals surface area (Å²) in [6.07, 6.45) is 2.81. The van der Waals surface area contributed by atoms with Crippen LogP contribution < -0.4 is 5.32 Å². The summed E-state index contributed by atoms with van der Waals surface area (Å²) in [5.41, 5.74) is 0.230. The number of halogens is 3. The zero-order valence-corrected chi connectivity index (χ0v) is 15.2. The number of likely N-dealkylation sites (tertiary alicyclic amines) is 1. The van der Waals surface area contributed by atoms with Crippen LogP contribution >= 0.6 is 23.2 Å². The highest BCUT2D eigenvalue weighted by molar-refractivity contribution is 6.33. The second-order valence-electron chi connectivity index (χ2n) is 6.07. The SMILES string of the molecule is O=C(Nc1ccc(Cl)cn1)C1CCCN(C(=O)c2ccc(F)cc2Cl)C1. The molecular weight excluding hydrogens is 380 g/mol. The number of piperidine rings is 1. The maximum atomic E-state index is 13.2. The molecule has 0 spiro atoms. The first kappa shape index (κ1) is 18.6. The molecule has 2 heterocycles. The first-order chi connectivity index (χ1) is 12.4. The Kier molecular flexibility index (Phi) is 5.74. The van der Waals surface area contributed by atoms with Crippen molar-refractivity contribution in [2.24, 2.45) is 5.92 Å². The fourth-order valence-electron chi connectivity index (χ4n) is 2.89. The summed E-state index contributed by atoms with van der Waals surface area (Å²) in [7, 11) is 0. The molecule has 0 bridgehead atoms. The van der Waals surface area contributed by atoms with Crippen molar-refractivity contribution in [1.29, 1.82) is 0 Å². The molecule has 8 heteroatoms. The van der Waals surface area contributed by atoms with Crippen LogP contribution in [-0.4, -0.2) is 34.8 Å². The molecule has 3 rings (SSSR count). The molecule has 136 valence electrons. The standard InChI is InChI=1S/C18H16Cl2FN3O2/c19-12-3-6-16(22-9-12)23-17(25)11-2-1-7-24(10-11)18(26)14-5-4-13(21)8-15(14)20/h3-6,8-9,11H,1-2,7,10H2,(H,22,23,25). The smallest absolute Gasteiger partial charge is 0.255 e. The molecule has 2 amide bonds. The van der Waals surface area contributed by atoms with E-state index in [0.29, 0.717) is 30.2 Å². The Morgan fingerprint density at radius 3 is 2.73 bits per heavy atom. The van der Waals surface area contributed by atoms with Crippen molar-refractivity contribution in [3.8, 4) is 0 Å². The number of anilines is 1. The Morgan fingerprint density at radius 2 is 2.04 bits per heavy atom. The molecule has 1 saturated heterocycles. The van der Waals surface area contributed by atoms with Crippen molar-refractivity contribution in [2.45, 2.75) is 12.8 Å². The highest BCUT2D eigenvalue weighted by atomic mass is 35.5. The summed E-state index contributed by atoms with van der Waals surface area (Å²) in [4.78, 5) is 30.7. The Balaban J connectivity index is 1.67. The predicted molar refractivity (Wildman–Crippen MR) is 97.9 cm³/mol. The topological polar surface area (TPSA) is 62.3 Å². The lowest BCUT2D eigenvalue weighted by Crippen LogP contribution is -2.43. The van der Waals surface area contributed by atoms with Gasteiger partial charge in [-0.05, 0) is 43.2 Å². The van der Waals surface area contributed by atoms with Crippen LogP contribution in [-0.2, 0) is 4.79 Å². The van der Waals surface area contributed by atoms with Crippen LogP contribution in [0.1, 0.15) is 23.2 Å². The van der Waals surface area contributed by atoms with Crippen molar-refractivity contribution >= 4 is 40.8 Å². The maximum absolute atomic E-state index is 13.2. The minimum atomic E-state index is -0.502. The second kappa shape index (κ2) is 8.01. The van der Waals surface area contributed by atoms with Crippen LogP contribution in [0, 0.1) is 11.7 Å². The van der Waals surface area contributed by atoms with Gasteiger partial charge in [0.2, 0.25) is 5.91 Å². The van der Waals surface area contributed by atoms with Crippen molar-refractivity contribution in [2.75, 3.05) is 18.4 Å². The lowest BCUT2D eigenvalue weighted by molar-refractivity contribution is -0.121. The molecule has 1 N–H and O–H groups in total. The zero-order chi connectivity index (χ0) is 18.7. The van der Waals surface area contributed by atoms with Gasteiger partial charge in [0.25, 0.3) is 5.91 Å². The van der Waals surface area contributed by atoms with Gasteiger partial charge in [0.05, 0.1) is 21.5 Å². The lowest BCUT2D eigenvalue weighted by Gasteiger charge is -2.32. The van der Waals surface area contributed by atoms with E-state index in [1.165, 1.54) is 18.3 Å². The van der Waals surface area contributed by atoms with E-state index in [4.69, 9.17) is 23.2 Å². The molecule has 1 aliphatic rings. The number of pyridine rings is 1. The summed E-state index contributed by atoms with van der Waals surface area (Å²) < 4.78 is 13.2. The highest BCUT2D eigenvalue weighted by Crippen LogP contribution is 2.24. The van der Waals surface area contributed by atoms with Gasteiger partial charge in [-0.2, -0.15) is 0 Å². The Morgan fingerprint density at radius 1 is 1.23 bits per heavy atom. The number of aromatic nitrogens is 1. The van der Waals surface area contributed by atoms with Gasteiger partial charge in [0.1, 0.15) is 11.6 Å². The van der Waals surface area contributed by atoms with Crippen molar-refractivity contribution < 1.29 is 14.0 Å². The molecule has 0 aliphatic carbocycles. The molecule has 1 unspecified atom stereocenters. The minimum Gasteiger partial charge on any atom is -0.338 e. The fraction of sp³-hybridized carbons (Fsp3) is 0.278. The van der Waals surface area contributed by atoms with Gasteiger partial charge in [0, 0.05) is 19.3 Å². The quantitative estimate of drug-likeness (QED) is 0.853. The monoisotopic (exact) mass is 395 g/mol. The van der Waals surface area contributed by atoms with E-state index in [-0.39, 0.29) is 34.9 Å². The normalized spacial score (nSPS) is 17.0. The first-order valence-corrected chi connectivity index (χ1v) is 8.86. The Hall–Kier alpha value is -2.18. The maximum Gasteiger partial charge on any atom is 0.255 e. The van der Waals surface area contributed by atoms with Crippen molar-refractivity contribution in [1.82, 2.24) is 9.88 Å².